The third kappa shape index (κ3) is 5.36. The number of hydrogen-bond donors (Lipinski definition) is 1. The van der Waals surface area contributed by atoms with Gasteiger partial charge in [-0.15, -0.1) is 0 Å². The van der Waals surface area contributed by atoms with E-state index in [9.17, 15) is 0 Å². The van der Waals surface area contributed by atoms with Gasteiger partial charge < -0.3 is 10.1 Å². The Bertz CT molecular complexity index is 200. The Balaban J connectivity index is 2.28. The standard InChI is InChI=1S/C14H30N2O/c1-6-7-11(2)15-8-12(3)16-9-13(4)17-14(5)10-16/h11-15H,6-10H2,1-5H3. The molecule has 0 aliphatic carbocycles. The van der Waals surface area contributed by atoms with Crippen LogP contribution in [-0.4, -0.2) is 48.8 Å². The number of ether oxygens (including phenoxy) is 1. The quantitative estimate of drug-likeness (QED) is 0.773. The zero-order chi connectivity index (χ0) is 12.8. The van der Waals surface area contributed by atoms with E-state index in [-0.39, 0.29) is 0 Å². The highest BCUT2D eigenvalue weighted by atomic mass is 16.5. The van der Waals surface area contributed by atoms with Crippen LogP contribution in [0.15, 0.2) is 0 Å². The number of nitrogens with one attached hydrogen (secondary N) is 1. The molecule has 4 atom stereocenters. The Kier molecular flexibility index (Phi) is 6.45. The Hall–Kier alpha value is -0.120. The molecule has 0 aromatic carbocycles. The van der Waals surface area contributed by atoms with Gasteiger partial charge in [0, 0.05) is 31.7 Å². The lowest BCUT2D eigenvalue weighted by molar-refractivity contribution is -0.0782. The fraction of sp³-hybridized carbons (Fsp3) is 1.00. The second-order valence-electron chi connectivity index (χ2n) is 5.66. The van der Waals surface area contributed by atoms with E-state index in [4.69, 9.17) is 4.74 Å². The summed E-state index contributed by atoms with van der Waals surface area (Å²) in [5.74, 6) is 0. The molecule has 4 unspecified atom stereocenters. The lowest BCUT2D eigenvalue weighted by Crippen LogP contribution is -2.52. The molecule has 0 spiro atoms. The lowest BCUT2D eigenvalue weighted by atomic mass is 10.1. The third-order valence-electron chi connectivity index (χ3n) is 3.55. The topological polar surface area (TPSA) is 24.5 Å². The van der Waals surface area contributed by atoms with Crippen LogP contribution >= 0.6 is 0 Å². The fourth-order valence-corrected chi connectivity index (χ4v) is 2.61. The first-order chi connectivity index (χ1) is 8.02. The maximum absolute atomic E-state index is 5.77. The van der Waals surface area contributed by atoms with E-state index in [1.54, 1.807) is 0 Å². The SMILES string of the molecule is CCCC(C)NCC(C)N1CC(C)OC(C)C1. The van der Waals surface area contributed by atoms with Crippen LogP contribution in [-0.2, 0) is 4.74 Å². The highest BCUT2D eigenvalue weighted by Crippen LogP contribution is 2.13. The van der Waals surface area contributed by atoms with E-state index in [1.807, 2.05) is 0 Å². The predicted molar refractivity (Wildman–Crippen MR) is 73.4 cm³/mol. The monoisotopic (exact) mass is 242 g/mol. The Morgan fingerprint density at radius 3 is 2.35 bits per heavy atom. The maximum Gasteiger partial charge on any atom is 0.0678 e. The summed E-state index contributed by atoms with van der Waals surface area (Å²) in [5.41, 5.74) is 0. The molecule has 1 aliphatic rings. The summed E-state index contributed by atoms with van der Waals surface area (Å²) in [6.07, 6.45) is 3.26. The molecule has 0 bridgehead atoms. The number of hydrogen-bond acceptors (Lipinski definition) is 3. The molecule has 17 heavy (non-hydrogen) atoms. The smallest absolute Gasteiger partial charge is 0.0678 e. The van der Waals surface area contributed by atoms with E-state index < -0.39 is 0 Å². The van der Waals surface area contributed by atoms with Crippen molar-refractivity contribution in [1.82, 2.24) is 10.2 Å². The van der Waals surface area contributed by atoms with E-state index >= 15 is 0 Å². The molecule has 0 saturated carbocycles. The van der Waals surface area contributed by atoms with Crippen LogP contribution in [0.25, 0.3) is 0 Å². The van der Waals surface area contributed by atoms with E-state index in [0.717, 1.165) is 19.6 Å². The first kappa shape index (κ1) is 14.9. The van der Waals surface area contributed by atoms with Gasteiger partial charge in [-0.1, -0.05) is 13.3 Å². The van der Waals surface area contributed by atoms with Gasteiger partial charge >= 0.3 is 0 Å². The number of rotatable bonds is 6. The first-order valence-corrected chi connectivity index (χ1v) is 7.15. The van der Waals surface area contributed by atoms with Gasteiger partial charge in [0.25, 0.3) is 0 Å². The van der Waals surface area contributed by atoms with Gasteiger partial charge in [-0.05, 0) is 34.1 Å². The molecule has 0 aromatic rings. The van der Waals surface area contributed by atoms with Crippen LogP contribution in [0, 0.1) is 0 Å². The normalized spacial score (nSPS) is 30.2. The molecular formula is C14H30N2O. The molecule has 3 heteroatoms. The fourth-order valence-electron chi connectivity index (χ4n) is 2.61. The molecule has 0 radical (unpaired) electrons. The highest BCUT2D eigenvalue weighted by Gasteiger charge is 2.25. The van der Waals surface area contributed by atoms with Crippen LogP contribution in [0.4, 0.5) is 0 Å². The molecule has 1 saturated heterocycles. The van der Waals surface area contributed by atoms with Crippen molar-refractivity contribution >= 4 is 0 Å². The molecule has 1 N–H and O–H groups in total. The minimum Gasteiger partial charge on any atom is -0.373 e. The molecule has 1 fully saturated rings. The summed E-state index contributed by atoms with van der Waals surface area (Å²) in [6, 6.07) is 1.24. The average Bonchev–Trinajstić information content (AvgIpc) is 2.25. The largest absolute Gasteiger partial charge is 0.373 e. The third-order valence-corrected chi connectivity index (χ3v) is 3.55. The minimum absolute atomic E-state index is 0.370. The van der Waals surface area contributed by atoms with Gasteiger partial charge in [0.05, 0.1) is 12.2 Å². The van der Waals surface area contributed by atoms with Crippen molar-refractivity contribution in [2.45, 2.75) is 71.8 Å². The molecule has 102 valence electrons. The summed E-state index contributed by atoms with van der Waals surface area (Å²) < 4.78 is 5.77. The predicted octanol–water partition coefficient (Wildman–Crippen LogP) is 2.26. The Morgan fingerprint density at radius 2 is 1.82 bits per heavy atom. The van der Waals surface area contributed by atoms with Crippen molar-refractivity contribution < 1.29 is 4.74 Å². The van der Waals surface area contributed by atoms with Crippen LogP contribution < -0.4 is 5.32 Å². The molecule has 0 amide bonds. The zero-order valence-electron chi connectivity index (χ0n) is 12.2. The van der Waals surface area contributed by atoms with Gasteiger partial charge in [0.15, 0.2) is 0 Å². The van der Waals surface area contributed by atoms with Crippen molar-refractivity contribution in [1.29, 1.82) is 0 Å². The summed E-state index contributed by atoms with van der Waals surface area (Å²) in [5, 5.41) is 3.63. The van der Waals surface area contributed by atoms with Crippen LogP contribution in [0.2, 0.25) is 0 Å². The van der Waals surface area contributed by atoms with Gasteiger partial charge in [-0.3, -0.25) is 4.90 Å². The lowest BCUT2D eigenvalue weighted by Gasteiger charge is -2.39. The van der Waals surface area contributed by atoms with Crippen LogP contribution in [0.3, 0.4) is 0 Å². The van der Waals surface area contributed by atoms with E-state index in [0.29, 0.717) is 24.3 Å². The molecule has 1 aliphatic heterocycles. The highest BCUT2D eigenvalue weighted by molar-refractivity contribution is 4.79. The van der Waals surface area contributed by atoms with E-state index in [1.165, 1.54) is 12.8 Å². The van der Waals surface area contributed by atoms with Crippen molar-refractivity contribution in [3.8, 4) is 0 Å². The number of nitrogens with zero attached hydrogens (tertiary/aromatic N) is 1. The summed E-state index contributed by atoms with van der Waals surface area (Å²) in [7, 11) is 0. The molecule has 1 heterocycles. The Morgan fingerprint density at radius 1 is 1.24 bits per heavy atom. The zero-order valence-corrected chi connectivity index (χ0v) is 12.2. The van der Waals surface area contributed by atoms with Gasteiger partial charge in [-0.25, -0.2) is 0 Å². The van der Waals surface area contributed by atoms with Gasteiger partial charge in [-0.2, -0.15) is 0 Å². The number of morpholine rings is 1. The van der Waals surface area contributed by atoms with Crippen molar-refractivity contribution in [2.75, 3.05) is 19.6 Å². The second-order valence-corrected chi connectivity index (χ2v) is 5.66. The van der Waals surface area contributed by atoms with Crippen LogP contribution in [0.1, 0.15) is 47.5 Å². The van der Waals surface area contributed by atoms with Crippen molar-refractivity contribution in [3.63, 3.8) is 0 Å². The van der Waals surface area contributed by atoms with Crippen molar-refractivity contribution in [2.24, 2.45) is 0 Å². The van der Waals surface area contributed by atoms with E-state index in [2.05, 4.69) is 44.8 Å². The second kappa shape index (κ2) is 7.34. The summed E-state index contributed by atoms with van der Waals surface area (Å²) in [4.78, 5) is 2.55. The van der Waals surface area contributed by atoms with Crippen LogP contribution in [0.5, 0.6) is 0 Å². The first-order valence-electron chi connectivity index (χ1n) is 7.15. The molecule has 1 rings (SSSR count). The van der Waals surface area contributed by atoms with Crippen molar-refractivity contribution in [3.05, 3.63) is 0 Å². The average molecular weight is 242 g/mol. The van der Waals surface area contributed by atoms with Gasteiger partial charge in [0.2, 0.25) is 0 Å². The minimum atomic E-state index is 0.370. The Labute approximate surface area is 107 Å². The molecule has 3 nitrogen and oxygen atoms in total. The van der Waals surface area contributed by atoms with Gasteiger partial charge in [0.1, 0.15) is 0 Å². The summed E-state index contributed by atoms with van der Waals surface area (Å²) >= 11 is 0. The molecule has 0 aromatic heterocycles. The maximum atomic E-state index is 5.77. The summed E-state index contributed by atoms with van der Waals surface area (Å²) in [6.45, 7) is 14.4. The molecular weight excluding hydrogens is 212 g/mol.